The molecule has 1 aliphatic carbocycles. The molecule has 3 unspecified atom stereocenters. The van der Waals surface area contributed by atoms with Crippen molar-refractivity contribution in [3.63, 3.8) is 0 Å². The molecule has 5 nitrogen and oxygen atoms in total. The van der Waals surface area contributed by atoms with Crippen LogP contribution in [0.4, 0.5) is 5.69 Å². The smallest absolute Gasteiger partial charge is 0.226 e. The third-order valence-electron chi connectivity index (χ3n) is 5.82. The van der Waals surface area contributed by atoms with E-state index in [1.54, 1.807) is 0 Å². The predicted molar refractivity (Wildman–Crippen MR) is 110 cm³/mol. The average Bonchev–Trinajstić information content (AvgIpc) is 3.56. The molecule has 1 heterocycles. The van der Waals surface area contributed by atoms with Gasteiger partial charge in [-0.15, -0.1) is 0 Å². The minimum Gasteiger partial charge on any atom is -0.368 e. The Morgan fingerprint density at radius 1 is 0.893 bits per heavy atom. The summed E-state index contributed by atoms with van der Waals surface area (Å²) in [5.41, 5.74) is 2.28. The van der Waals surface area contributed by atoms with E-state index in [-0.39, 0.29) is 29.7 Å². The van der Waals surface area contributed by atoms with Crippen LogP contribution in [0, 0.1) is 11.8 Å². The molecule has 4 rings (SSSR count). The first-order valence-corrected chi connectivity index (χ1v) is 10.1. The molecule has 146 valence electrons. The number of rotatable bonds is 5. The van der Waals surface area contributed by atoms with Crippen molar-refractivity contribution in [3.8, 4) is 0 Å². The SMILES string of the molecule is CC(NC(=O)C1CC1C(=O)N1CCN(c2ccccc2)CC1)c1ccccc1. The van der Waals surface area contributed by atoms with E-state index in [0.29, 0.717) is 6.42 Å². The third-order valence-corrected chi connectivity index (χ3v) is 5.82. The summed E-state index contributed by atoms with van der Waals surface area (Å²) in [5.74, 6) is -0.185. The number of piperazine rings is 1. The van der Waals surface area contributed by atoms with Crippen molar-refractivity contribution in [1.82, 2.24) is 10.2 Å². The van der Waals surface area contributed by atoms with Gasteiger partial charge in [-0.25, -0.2) is 0 Å². The predicted octanol–water partition coefficient (Wildman–Crippen LogP) is 2.85. The van der Waals surface area contributed by atoms with Crippen molar-refractivity contribution in [2.75, 3.05) is 31.1 Å². The van der Waals surface area contributed by atoms with Crippen LogP contribution in [0.25, 0.3) is 0 Å². The van der Waals surface area contributed by atoms with Gasteiger partial charge in [0.15, 0.2) is 0 Å². The highest BCUT2D eigenvalue weighted by atomic mass is 16.2. The average molecular weight is 377 g/mol. The van der Waals surface area contributed by atoms with Gasteiger partial charge in [-0.2, -0.15) is 0 Å². The van der Waals surface area contributed by atoms with E-state index in [1.807, 2.05) is 60.4 Å². The Morgan fingerprint density at radius 3 is 2.14 bits per heavy atom. The molecular weight excluding hydrogens is 350 g/mol. The van der Waals surface area contributed by atoms with Crippen molar-refractivity contribution in [2.45, 2.75) is 19.4 Å². The third kappa shape index (κ3) is 4.03. The second-order valence-electron chi connectivity index (χ2n) is 7.74. The maximum Gasteiger partial charge on any atom is 0.226 e. The van der Waals surface area contributed by atoms with Gasteiger partial charge in [-0.3, -0.25) is 9.59 Å². The molecule has 0 spiro atoms. The van der Waals surface area contributed by atoms with Crippen molar-refractivity contribution >= 4 is 17.5 Å². The van der Waals surface area contributed by atoms with Crippen LogP contribution >= 0.6 is 0 Å². The van der Waals surface area contributed by atoms with Crippen molar-refractivity contribution < 1.29 is 9.59 Å². The Balaban J connectivity index is 1.26. The summed E-state index contributed by atoms with van der Waals surface area (Å²) in [6.07, 6.45) is 0.672. The molecule has 2 aromatic rings. The topological polar surface area (TPSA) is 52.7 Å². The Morgan fingerprint density at radius 2 is 1.50 bits per heavy atom. The van der Waals surface area contributed by atoms with Crippen molar-refractivity contribution in [1.29, 1.82) is 0 Å². The molecule has 0 bridgehead atoms. The maximum atomic E-state index is 12.8. The molecule has 0 radical (unpaired) electrons. The van der Waals surface area contributed by atoms with Gasteiger partial charge in [0.05, 0.1) is 17.9 Å². The van der Waals surface area contributed by atoms with Crippen molar-refractivity contribution in [3.05, 3.63) is 66.2 Å². The Bertz CT molecular complexity index is 816. The lowest BCUT2D eigenvalue weighted by Crippen LogP contribution is -2.49. The first-order chi connectivity index (χ1) is 13.6. The van der Waals surface area contributed by atoms with Gasteiger partial charge in [0.2, 0.25) is 11.8 Å². The summed E-state index contributed by atoms with van der Waals surface area (Å²) in [6.45, 7) is 5.10. The molecule has 1 saturated heterocycles. The zero-order valence-corrected chi connectivity index (χ0v) is 16.3. The molecule has 2 amide bonds. The molecule has 1 saturated carbocycles. The number of carbonyl (C=O) groups excluding carboxylic acids is 2. The summed E-state index contributed by atoms with van der Waals surface area (Å²) in [7, 11) is 0. The van der Waals surface area contributed by atoms with Crippen LogP contribution in [0.15, 0.2) is 60.7 Å². The van der Waals surface area contributed by atoms with Crippen LogP contribution in [0.2, 0.25) is 0 Å². The van der Waals surface area contributed by atoms with Crippen LogP contribution < -0.4 is 10.2 Å². The van der Waals surface area contributed by atoms with Gasteiger partial charge in [0.25, 0.3) is 0 Å². The summed E-state index contributed by atoms with van der Waals surface area (Å²) in [5, 5.41) is 3.06. The van der Waals surface area contributed by atoms with E-state index in [1.165, 1.54) is 5.69 Å². The number of nitrogens with zero attached hydrogens (tertiary/aromatic N) is 2. The highest BCUT2D eigenvalue weighted by molar-refractivity contribution is 5.92. The first-order valence-electron chi connectivity index (χ1n) is 10.1. The van der Waals surface area contributed by atoms with E-state index in [2.05, 4.69) is 22.3 Å². The molecule has 0 aromatic heterocycles. The summed E-state index contributed by atoms with van der Waals surface area (Å²) < 4.78 is 0. The number of carbonyl (C=O) groups is 2. The standard InChI is InChI=1S/C23H27N3O2/c1-17(18-8-4-2-5-9-18)24-22(27)20-16-21(20)23(28)26-14-12-25(13-15-26)19-10-6-3-7-11-19/h2-11,17,20-21H,12-16H2,1H3,(H,24,27). The second-order valence-corrected chi connectivity index (χ2v) is 7.74. The van der Waals surface area contributed by atoms with Crippen LogP contribution in [0.3, 0.4) is 0 Å². The number of amides is 2. The van der Waals surface area contributed by atoms with Crippen LogP contribution in [-0.2, 0) is 9.59 Å². The summed E-state index contributed by atoms with van der Waals surface area (Å²) >= 11 is 0. The molecule has 5 heteroatoms. The van der Waals surface area contributed by atoms with Gasteiger partial charge in [-0.1, -0.05) is 48.5 Å². The molecule has 1 N–H and O–H groups in total. The molecule has 2 fully saturated rings. The lowest BCUT2D eigenvalue weighted by molar-refractivity contribution is -0.135. The summed E-state index contributed by atoms with van der Waals surface area (Å²) in [4.78, 5) is 29.6. The van der Waals surface area contributed by atoms with Gasteiger partial charge < -0.3 is 15.1 Å². The van der Waals surface area contributed by atoms with Gasteiger partial charge in [-0.05, 0) is 31.0 Å². The number of hydrogen-bond acceptors (Lipinski definition) is 3. The highest BCUT2D eigenvalue weighted by Crippen LogP contribution is 2.40. The van der Waals surface area contributed by atoms with E-state index < -0.39 is 0 Å². The molecule has 3 atom stereocenters. The zero-order valence-electron chi connectivity index (χ0n) is 16.3. The van der Waals surface area contributed by atoms with Crippen LogP contribution in [0.1, 0.15) is 24.9 Å². The number of nitrogens with one attached hydrogen (secondary N) is 1. The molecule has 2 aliphatic rings. The van der Waals surface area contributed by atoms with Crippen LogP contribution in [-0.4, -0.2) is 42.9 Å². The van der Waals surface area contributed by atoms with E-state index in [4.69, 9.17) is 0 Å². The number of para-hydroxylation sites is 1. The Labute approximate surface area is 166 Å². The lowest BCUT2D eigenvalue weighted by Gasteiger charge is -2.36. The van der Waals surface area contributed by atoms with Crippen LogP contribution in [0.5, 0.6) is 0 Å². The minimum absolute atomic E-state index is 0.00220. The number of benzene rings is 2. The fourth-order valence-electron chi connectivity index (χ4n) is 3.96. The highest BCUT2D eigenvalue weighted by Gasteiger charge is 2.49. The van der Waals surface area contributed by atoms with Gasteiger partial charge in [0.1, 0.15) is 0 Å². The van der Waals surface area contributed by atoms with Gasteiger partial charge in [0, 0.05) is 31.9 Å². The number of anilines is 1. The molecule has 28 heavy (non-hydrogen) atoms. The zero-order chi connectivity index (χ0) is 19.5. The van der Waals surface area contributed by atoms with Crippen molar-refractivity contribution in [2.24, 2.45) is 11.8 Å². The molecule has 2 aromatic carbocycles. The van der Waals surface area contributed by atoms with Gasteiger partial charge >= 0.3 is 0 Å². The Kier molecular flexibility index (Phi) is 5.33. The van der Waals surface area contributed by atoms with E-state index in [0.717, 1.165) is 31.7 Å². The lowest BCUT2D eigenvalue weighted by atomic mass is 10.1. The summed E-state index contributed by atoms with van der Waals surface area (Å²) in [6, 6.07) is 20.2. The fraction of sp³-hybridized carbons (Fsp3) is 0.391. The molecule has 1 aliphatic heterocycles. The van der Waals surface area contributed by atoms with E-state index >= 15 is 0 Å². The Hall–Kier alpha value is -2.82. The minimum atomic E-state index is -0.175. The fourth-order valence-corrected chi connectivity index (χ4v) is 3.96. The van der Waals surface area contributed by atoms with E-state index in [9.17, 15) is 9.59 Å². The normalized spacial score (nSPS) is 22.5. The monoisotopic (exact) mass is 377 g/mol. The number of hydrogen-bond donors (Lipinski definition) is 1. The molecular formula is C23H27N3O2. The maximum absolute atomic E-state index is 12.8. The second kappa shape index (κ2) is 8.05. The largest absolute Gasteiger partial charge is 0.368 e. The quantitative estimate of drug-likeness (QED) is 0.872. The first kappa shape index (κ1) is 18.5.